The number of nitro benzene ring substituents is 1. The summed E-state index contributed by atoms with van der Waals surface area (Å²) in [4.78, 5) is 10.0. The number of azo groups is 1. The Bertz CT molecular complexity index is 681. The Morgan fingerprint density at radius 2 is 1.85 bits per heavy atom. The zero-order valence-electron chi connectivity index (χ0n) is 10.6. The Balaban J connectivity index is 2.25. The van der Waals surface area contributed by atoms with Crippen LogP contribution in [0, 0.1) is 17.0 Å². The van der Waals surface area contributed by atoms with E-state index in [1.165, 1.54) is 30.3 Å². The number of nitrogens with two attached hydrogens (primary N) is 1. The number of anilines is 1. The molecule has 0 heterocycles. The SMILES string of the molecule is Cc1cc(N)c(O)cc1N=Nc1ccc([N+](=O)[O-])cc1. The molecule has 0 aliphatic rings. The van der Waals surface area contributed by atoms with Crippen molar-refractivity contribution in [2.24, 2.45) is 10.2 Å². The summed E-state index contributed by atoms with van der Waals surface area (Å²) >= 11 is 0. The minimum atomic E-state index is -0.483. The number of hydrogen-bond acceptors (Lipinski definition) is 6. The fraction of sp³-hybridized carbons (Fsp3) is 0.0769. The molecule has 0 spiro atoms. The lowest BCUT2D eigenvalue weighted by molar-refractivity contribution is -0.384. The molecule has 102 valence electrons. The summed E-state index contributed by atoms with van der Waals surface area (Å²) in [7, 11) is 0. The molecule has 0 atom stereocenters. The molecule has 20 heavy (non-hydrogen) atoms. The number of rotatable bonds is 3. The number of benzene rings is 2. The fourth-order valence-electron chi connectivity index (χ4n) is 1.57. The highest BCUT2D eigenvalue weighted by molar-refractivity contribution is 5.62. The average Bonchev–Trinajstić information content (AvgIpc) is 2.42. The van der Waals surface area contributed by atoms with Crippen LogP contribution in [0.3, 0.4) is 0 Å². The first-order valence-electron chi connectivity index (χ1n) is 5.72. The van der Waals surface area contributed by atoms with Crippen LogP contribution in [-0.4, -0.2) is 10.0 Å². The Kier molecular flexibility index (Phi) is 3.60. The maximum Gasteiger partial charge on any atom is 0.269 e. The van der Waals surface area contributed by atoms with Gasteiger partial charge in [0.15, 0.2) is 0 Å². The van der Waals surface area contributed by atoms with Crippen molar-refractivity contribution in [3.8, 4) is 5.75 Å². The predicted octanol–water partition coefficient (Wildman–Crippen LogP) is 3.61. The number of aryl methyl sites for hydroxylation is 1. The summed E-state index contributed by atoms with van der Waals surface area (Å²) in [6.45, 7) is 1.79. The second-order valence-electron chi connectivity index (χ2n) is 4.17. The molecule has 2 rings (SSSR count). The van der Waals surface area contributed by atoms with Crippen LogP contribution in [0.15, 0.2) is 46.6 Å². The lowest BCUT2D eigenvalue weighted by Gasteiger charge is -2.03. The van der Waals surface area contributed by atoms with Gasteiger partial charge in [-0.3, -0.25) is 10.1 Å². The topological polar surface area (TPSA) is 114 Å². The Morgan fingerprint density at radius 1 is 1.20 bits per heavy atom. The smallest absolute Gasteiger partial charge is 0.269 e. The monoisotopic (exact) mass is 272 g/mol. The second-order valence-corrected chi connectivity index (χ2v) is 4.17. The number of nitrogens with zero attached hydrogens (tertiary/aromatic N) is 3. The van der Waals surface area contributed by atoms with E-state index in [1.807, 2.05) is 0 Å². The van der Waals surface area contributed by atoms with Crippen molar-refractivity contribution in [1.82, 2.24) is 0 Å². The van der Waals surface area contributed by atoms with Gasteiger partial charge in [0.1, 0.15) is 5.75 Å². The zero-order valence-corrected chi connectivity index (χ0v) is 10.6. The highest BCUT2D eigenvalue weighted by atomic mass is 16.6. The number of non-ortho nitro benzene ring substituents is 1. The highest BCUT2D eigenvalue weighted by Crippen LogP contribution is 2.31. The van der Waals surface area contributed by atoms with E-state index in [-0.39, 0.29) is 17.1 Å². The quantitative estimate of drug-likeness (QED) is 0.292. The van der Waals surface area contributed by atoms with Crippen molar-refractivity contribution in [2.45, 2.75) is 6.92 Å². The molecule has 0 unspecified atom stereocenters. The van der Waals surface area contributed by atoms with Gasteiger partial charge in [0.2, 0.25) is 0 Å². The molecule has 0 aliphatic heterocycles. The minimum Gasteiger partial charge on any atom is -0.506 e. The van der Waals surface area contributed by atoms with Crippen molar-refractivity contribution in [3.05, 3.63) is 52.1 Å². The van der Waals surface area contributed by atoms with Gasteiger partial charge in [-0.15, -0.1) is 0 Å². The van der Waals surface area contributed by atoms with Gasteiger partial charge >= 0.3 is 0 Å². The maximum atomic E-state index is 10.5. The third-order valence-corrected chi connectivity index (χ3v) is 2.68. The molecule has 7 heteroatoms. The summed E-state index contributed by atoms with van der Waals surface area (Å²) in [6, 6.07) is 8.70. The van der Waals surface area contributed by atoms with Gasteiger partial charge in [0, 0.05) is 18.2 Å². The molecule has 0 fully saturated rings. The van der Waals surface area contributed by atoms with E-state index in [0.29, 0.717) is 11.4 Å². The molecule has 0 radical (unpaired) electrons. The third kappa shape index (κ3) is 2.89. The molecule has 2 aromatic carbocycles. The normalized spacial score (nSPS) is 10.8. The molecule has 0 saturated heterocycles. The summed E-state index contributed by atoms with van der Waals surface area (Å²) < 4.78 is 0. The zero-order chi connectivity index (χ0) is 14.7. The van der Waals surface area contributed by atoms with Crippen molar-refractivity contribution in [1.29, 1.82) is 0 Å². The van der Waals surface area contributed by atoms with Crippen LogP contribution in [0.2, 0.25) is 0 Å². The van der Waals surface area contributed by atoms with Gasteiger partial charge in [0.05, 0.1) is 22.0 Å². The lowest BCUT2D eigenvalue weighted by Crippen LogP contribution is -1.86. The number of phenols is 1. The first kappa shape index (κ1) is 13.5. The lowest BCUT2D eigenvalue weighted by atomic mass is 10.2. The third-order valence-electron chi connectivity index (χ3n) is 2.68. The highest BCUT2D eigenvalue weighted by Gasteiger charge is 2.05. The van der Waals surface area contributed by atoms with Crippen LogP contribution in [-0.2, 0) is 0 Å². The number of phenolic OH excluding ortho intramolecular Hbond substituents is 1. The molecule has 0 bridgehead atoms. The fourth-order valence-corrected chi connectivity index (χ4v) is 1.57. The van der Waals surface area contributed by atoms with Gasteiger partial charge in [-0.1, -0.05) is 0 Å². The standard InChI is InChI=1S/C13H12N4O3/c1-8-6-11(14)13(18)7-12(8)16-15-9-2-4-10(5-3-9)17(19)20/h2-7,18H,14H2,1H3. The molecule has 7 nitrogen and oxygen atoms in total. The van der Waals surface area contributed by atoms with E-state index in [4.69, 9.17) is 5.73 Å². The second kappa shape index (κ2) is 5.35. The van der Waals surface area contributed by atoms with Gasteiger partial charge in [-0.2, -0.15) is 10.2 Å². The molecule has 2 aromatic rings. The van der Waals surface area contributed by atoms with Gasteiger partial charge in [0.25, 0.3) is 5.69 Å². The molecule has 0 amide bonds. The van der Waals surface area contributed by atoms with Crippen molar-refractivity contribution < 1.29 is 10.0 Å². The van der Waals surface area contributed by atoms with Crippen molar-refractivity contribution in [3.63, 3.8) is 0 Å². The first-order valence-corrected chi connectivity index (χ1v) is 5.72. The van der Waals surface area contributed by atoms with E-state index in [1.54, 1.807) is 13.0 Å². The molecule has 3 N–H and O–H groups in total. The van der Waals surface area contributed by atoms with Crippen LogP contribution in [0.25, 0.3) is 0 Å². The molecule has 0 saturated carbocycles. The summed E-state index contributed by atoms with van der Waals surface area (Å²) in [5.41, 5.74) is 7.55. The molecular weight excluding hydrogens is 260 g/mol. The van der Waals surface area contributed by atoms with Gasteiger partial charge in [-0.25, -0.2) is 0 Å². The van der Waals surface area contributed by atoms with Crippen molar-refractivity contribution in [2.75, 3.05) is 5.73 Å². The number of nitrogen functional groups attached to an aromatic ring is 1. The predicted molar refractivity (Wildman–Crippen MR) is 74.5 cm³/mol. The molecular formula is C13H12N4O3. The average molecular weight is 272 g/mol. The van der Waals surface area contributed by atoms with E-state index in [9.17, 15) is 15.2 Å². The van der Waals surface area contributed by atoms with E-state index in [0.717, 1.165) is 5.56 Å². The Labute approximate surface area is 114 Å². The van der Waals surface area contributed by atoms with E-state index >= 15 is 0 Å². The van der Waals surface area contributed by atoms with Crippen LogP contribution >= 0.6 is 0 Å². The Morgan fingerprint density at radius 3 is 2.45 bits per heavy atom. The van der Waals surface area contributed by atoms with Crippen LogP contribution in [0.1, 0.15) is 5.56 Å². The number of aromatic hydroxyl groups is 1. The largest absolute Gasteiger partial charge is 0.506 e. The van der Waals surface area contributed by atoms with Gasteiger partial charge in [-0.05, 0) is 30.7 Å². The number of nitro groups is 1. The first-order chi connectivity index (χ1) is 9.47. The van der Waals surface area contributed by atoms with E-state index < -0.39 is 4.92 Å². The van der Waals surface area contributed by atoms with Crippen LogP contribution < -0.4 is 5.73 Å². The van der Waals surface area contributed by atoms with E-state index in [2.05, 4.69) is 10.2 Å². The molecule has 0 aliphatic carbocycles. The maximum absolute atomic E-state index is 10.5. The van der Waals surface area contributed by atoms with Crippen LogP contribution in [0.4, 0.5) is 22.7 Å². The number of hydrogen-bond donors (Lipinski definition) is 2. The summed E-state index contributed by atoms with van der Waals surface area (Å²) in [6.07, 6.45) is 0. The Hall–Kier alpha value is -2.96. The van der Waals surface area contributed by atoms with Gasteiger partial charge < -0.3 is 10.8 Å². The minimum absolute atomic E-state index is 0.00902. The summed E-state index contributed by atoms with van der Waals surface area (Å²) in [5.74, 6) is -0.0618. The summed E-state index contributed by atoms with van der Waals surface area (Å²) in [5, 5.41) is 28.0. The van der Waals surface area contributed by atoms with Crippen molar-refractivity contribution >= 4 is 22.7 Å². The molecule has 0 aromatic heterocycles. The van der Waals surface area contributed by atoms with Crippen LogP contribution in [0.5, 0.6) is 5.75 Å².